The van der Waals surface area contributed by atoms with Gasteiger partial charge in [-0.25, -0.2) is 0 Å². The highest BCUT2D eigenvalue weighted by Gasteiger charge is 2.16. The molecule has 0 unspecified atom stereocenters. The number of aromatic nitrogens is 3. The summed E-state index contributed by atoms with van der Waals surface area (Å²) in [6.07, 6.45) is 1.67. The topological polar surface area (TPSA) is 154 Å². The lowest BCUT2D eigenvalue weighted by Gasteiger charge is -2.15. The van der Waals surface area contributed by atoms with Crippen LogP contribution in [0.5, 0.6) is 0 Å². The molecule has 12 heteroatoms. The highest BCUT2D eigenvalue weighted by atomic mass is 32.2. The number of carbonyl (C=O) groups is 2. The predicted molar refractivity (Wildman–Crippen MR) is 106 cm³/mol. The Labute approximate surface area is 171 Å². The molecule has 29 heavy (non-hydrogen) atoms. The summed E-state index contributed by atoms with van der Waals surface area (Å²) in [5, 5.41) is 0.372. The minimum atomic E-state index is -0.584. The molecule has 0 fully saturated rings. The smallest absolute Gasteiger partial charge is 0.321 e. The molecule has 0 aliphatic carbocycles. The molecule has 2 rings (SSSR count). The van der Waals surface area contributed by atoms with Gasteiger partial charge in [-0.1, -0.05) is 0 Å². The van der Waals surface area contributed by atoms with E-state index in [0.717, 1.165) is 11.8 Å². The van der Waals surface area contributed by atoms with Gasteiger partial charge >= 0.3 is 11.9 Å². The Hall–Kier alpha value is -2.41. The average molecular weight is 427 g/mol. The Kier molecular flexibility index (Phi) is 8.64. The van der Waals surface area contributed by atoms with Crippen LogP contribution < -0.4 is 17.0 Å². The van der Waals surface area contributed by atoms with Gasteiger partial charge in [0.2, 0.25) is 0 Å². The van der Waals surface area contributed by atoms with E-state index in [0.29, 0.717) is 23.8 Å². The van der Waals surface area contributed by atoms with Gasteiger partial charge in [0.15, 0.2) is 11.9 Å². The van der Waals surface area contributed by atoms with E-state index in [1.807, 2.05) is 13.8 Å². The van der Waals surface area contributed by atoms with Crippen molar-refractivity contribution in [2.75, 3.05) is 25.6 Å². The second-order valence-electron chi connectivity index (χ2n) is 6.12. The largest absolute Gasteiger partial charge is 0.453 e. The second kappa shape index (κ2) is 11.0. The van der Waals surface area contributed by atoms with Gasteiger partial charge in [0.25, 0.3) is 5.56 Å². The van der Waals surface area contributed by atoms with Crippen molar-refractivity contribution in [3.8, 4) is 0 Å². The van der Waals surface area contributed by atoms with Crippen LogP contribution in [-0.4, -0.2) is 57.8 Å². The number of ether oxygens (including phenoxy) is 3. The molecule has 0 amide bonds. The second-order valence-corrected chi connectivity index (χ2v) is 7.01. The van der Waals surface area contributed by atoms with Crippen LogP contribution in [0.15, 0.2) is 22.2 Å². The molecule has 160 valence electrons. The Balaban J connectivity index is 2.34. The van der Waals surface area contributed by atoms with Crippen molar-refractivity contribution in [2.24, 2.45) is 11.5 Å². The summed E-state index contributed by atoms with van der Waals surface area (Å²) in [5.41, 5.74) is 10.8. The molecular weight excluding hydrogens is 402 g/mol. The number of nitrogens with two attached hydrogens (primary N) is 2. The van der Waals surface area contributed by atoms with Crippen LogP contribution in [0.1, 0.15) is 13.8 Å². The minimum Gasteiger partial charge on any atom is -0.453 e. The van der Waals surface area contributed by atoms with E-state index < -0.39 is 17.5 Å². The SMILES string of the molecule is CC(C)OCCn1c(SCOC(=O)CN)nc(=O)c2c1ccn2COC(=O)CN. The van der Waals surface area contributed by atoms with E-state index >= 15 is 0 Å². The van der Waals surface area contributed by atoms with Crippen LogP contribution in [0, 0.1) is 0 Å². The van der Waals surface area contributed by atoms with Gasteiger partial charge in [-0.05, 0) is 31.7 Å². The number of hydrogen-bond donors (Lipinski definition) is 2. The van der Waals surface area contributed by atoms with Gasteiger partial charge in [-0.15, -0.1) is 0 Å². The van der Waals surface area contributed by atoms with Crippen LogP contribution in [0.25, 0.3) is 11.0 Å². The van der Waals surface area contributed by atoms with E-state index in [9.17, 15) is 14.4 Å². The van der Waals surface area contributed by atoms with Crippen molar-refractivity contribution >= 4 is 34.7 Å². The number of hydrogen-bond acceptors (Lipinski definition) is 10. The van der Waals surface area contributed by atoms with Crippen LogP contribution in [-0.2, 0) is 37.1 Å². The number of thioether (sulfide) groups is 1. The summed E-state index contributed by atoms with van der Waals surface area (Å²) in [5.74, 6) is -1.17. The Morgan fingerprint density at radius 1 is 1.21 bits per heavy atom. The van der Waals surface area contributed by atoms with E-state index in [4.69, 9.17) is 25.7 Å². The summed E-state index contributed by atoms with van der Waals surface area (Å²) in [6, 6.07) is 1.72. The maximum absolute atomic E-state index is 12.6. The minimum absolute atomic E-state index is 0.0339. The molecule has 0 aliphatic heterocycles. The van der Waals surface area contributed by atoms with Crippen molar-refractivity contribution < 1.29 is 23.8 Å². The zero-order chi connectivity index (χ0) is 21.4. The maximum Gasteiger partial charge on any atom is 0.321 e. The summed E-state index contributed by atoms with van der Waals surface area (Å²) >= 11 is 1.10. The first-order valence-electron chi connectivity index (χ1n) is 8.92. The third-order valence-corrected chi connectivity index (χ3v) is 4.54. The zero-order valence-corrected chi connectivity index (χ0v) is 17.1. The first-order valence-corrected chi connectivity index (χ1v) is 9.91. The third-order valence-electron chi connectivity index (χ3n) is 3.74. The maximum atomic E-state index is 12.6. The number of rotatable bonds is 11. The molecular formula is C17H25N5O6S. The fourth-order valence-electron chi connectivity index (χ4n) is 2.44. The van der Waals surface area contributed by atoms with Crippen molar-refractivity contribution in [3.63, 3.8) is 0 Å². The summed E-state index contributed by atoms with van der Waals surface area (Å²) < 4.78 is 18.9. The monoisotopic (exact) mass is 427 g/mol. The van der Waals surface area contributed by atoms with E-state index in [2.05, 4.69) is 4.98 Å². The predicted octanol–water partition coefficient (Wildman–Crippen LogP) is -0.366. The summed E-state index contributed by atoms with van der Waals surface area (Å²) in [4.78, 5) is 39.3. The van der Waals surface area contributed by atoms with Crippen LogP contribution in [0.2, 0.25) is 0 Å². The normalized spacial score (nSPS) is 11.2. The van der Waals surface area contributed by atoms with Gasteiger partial charge in [0.05, 0.1) is 31.3 Å². The van der Waals surface area contributed by atoms with Gasteiger partial charge < -0.3 is 34.8 Å². The fraction of sp³-hybridized carbons (Fsp3) is 0.529. The Morgan fingerprint density at radius 3 is 2.55 bits per heavy atom. The lowest BCUT2D eigenvalue weighted by Crippen LogP contribution is -2.22. The van der Waals surface area contributed by atoms with Crippen LogP contribution in [0.3, 0.4) is 0 Å². The van der Waals surface area contributed by atoms with E-state index in [1.165, 1.54) is 4.57 Å². The first-order chi connectivity index (χ1) is 13.9. The standard InChI is InChI=1S/C17H25N5O6S/c1-11(2)26-6-5-22-12-3-4-21(9-27-13(23)7-18)15(12)16(25)20-17(22)29-10-28-14(24)8-19/h3-4,11H,5-10,18-19H2,1-2H3. The highest BCUT2D eigenvalue weighted by molar-refractivity contribution is 7.99. The lowest BCUT2D eigenvalue weighted by molar-refractivity contribution is -0.145. The van der Waals surface area contributed by atoms with Gasteiger partial charge in [0, 0.05) is 12.7 Å². The Bertz CT molecular complexity index is 910. The van der Waals surface area contributed by atoms with Crippen molar-refractivity contribution in [1.82, 2.24) is 14.1 Å². The van der Waals surface area contributed by atoms with Crippen LogP contribution in [0.4, 0.5) is 0 Å². The molecule has 0 saturated carbocycles. The van der Waals surface area contributed by atoms with Crippen molar-refractivity contribution in [2.45, 2.75) is 38.4 Å². The van der Waals surface area contributed by atoms with Gasteiger partial charge in [-0.3, -0.25) is 14.4 Å². The summed E-state index contributed by atoms with van der Waals surface area (Å²) in [6.45, 7) is 4.01. The molecule has 11 nitrogen and oxygen atoms in total. The number of esters is 2. The molecule has 0 spiro atoms. The van der Waals surface area contributed by atoms with E-state index in [1.54, 1.807) is 16.8 Å². The van der Waals surface area contributed by atoms with Gasteiger partial charge in [0.1, 0.15) is 11.5 Å². The number of fused-ring (bicyclic) bond motifs is 1. The zero-order valence-electron chi connectivity index (χ0n) is 16.3. The Morgan fingerprint density at radius 2 is 1.90 bits per heavy atom. The molecule has 2 aromatic rings. The summed E-state index contributed by atoms with van der Waals surface area (Å²) in [7, 11) is 0. The number of carbonyl (C=O) groups excluding carboxylic acids is 2. The fourth-order valence-corrected chi connectivity index (χ4v) is 3.22. The first kappa shape index (κ1) is 22.9. The molecule has 0 saturated heterocycles. The molecule has 2 aromatic heterocycles. The number of nitrogens with zero attached hydrogens (tertiary/aromatic N) is 3. The molecule has 2 heterocycles. The molecule has 0 atom stereocenters. The average Bonchev–Trinajstić information content (AvgIpc) is 3.12. The van der Waals surface area contributed by atoms with Crippen molar-refractivity contribution in [3.05, 3.63) is 22.6 Å². The van der Waals surface area contributed by atoms with Gasteiger partial charge in [-0.2, -0.15) is 4.98 Å². The van der Waals surface area contributed by atoms with Crippen LogP contribution >= 0.6 is 11.8 Å². The van der Waals surface area contributed by atoms with Crippen molar-refractivity contribution in [1.29, 1.82) is 0 Å². The molecule has 0 bridgehead atoms. The van der Waals surface area contributed by atoms with E-state index in [-0.39, 0.29) is 37.4 Å². The molecule has 0 aromatic carbocycles. The highest BCUT2D eigenvalue weighted by Crippen LogP contribution is 2.21. The molecule has 0 aliphatic rings. The quantitative estimate of drug-likeness (QED) is 0.210. The molecule has 0 radical (unpaired) electrons. The molecule has 4 N–H and O–H groups in total. The third kappa shape index (κ3) is 6.29. The lowest BCUT2D eigenvalue weighted by atomic mass is 10.4.